The highest BCUT2D eigenvalue weighted by atomic mass is 16.4. The molecule has 0 fully saturated rings. The van der Waals surface area contributed by atoms with Crippen molar-refractivity contribution in [3.05, 3.63) is 59.3 Å². The number of aliphatic hydroxyl groups excluding tert-OH is 3. The predicted molar refractivity (Wildman–Crippen MR) is 95.5 cm³/mol. The van der Waals surface area contributed by atoms with E-state index < -0.39 is 24.3 Å². The maximum Gasteiger partial charge on any atom is 0.328 e. The Labute approximate surface area is 143 Å². The number of hydrogen-bond donors (Lipinski definition) is 4. The Kier molecular flexibility index (Phi) is 10.6. The average molecular weight is 336 g/mol. The molecular weight excluding hydrogens is 308 g/mol. The molecule has 0 aromatic rings. The zero-order chi connectivity index (χ0) is 18.7. The van der Waals surface area contributed by atoms with Crippen LogP contribution in [0.3, 0.4) is 0 Å². The maximum absolute atomic E-state index is 10.4. The second kappa shape index (κ2) is 11.6. The minimum Gasteiger partial charge on any atom is -0.478 e. The van der Waals surface area contributed by atoms with Crippen molar-refractivity contribution < 1.29 is 25.2 Å². The molecule has 0 aromatic carbocycles. The van der Waals surface area contributed by atoms with E-state index in [9.17, 15) is 20.1 Å². The summed E-state index contributed by atoms with van der Waals surface area (Å²) in [5.41, 5.74) is 2.55. The minimum absolute atomic E-state index is 0.113. The van der Waals surface area contributed by atoms with E-state index in [-0.39, 0.29) is 6.42 Å². The fourth-order valence-electron chi connectivity index (χ4n) is 1.93. The summed E-state index contributed by atoms with van der Waals surface area (Å²) in [5, 5.41) is 37.3. The van der Waals surface area contributed by atoms with E-state index in [0.717, 1.165) is 22.8 Å². The molecule has 0 unspecified atom stereocenters. The molecule has 0 aliphatic carbocycles. The fraction of sp³-hybridized carbons (Fsp3) is 0.421. The van der Waals surface area contributed by atoms with Crippen LogP contribution >= 0.6 is 0 Å². The molecule has 0 saturated heterocycles. The number of aliphatic carboxylic acids is 1. The number of aliphatic hydroxyl groups is 3. The predicted octanol–water partition coefficient (Wildman–Crippen LogP) is 2.51. The summed E-state index contributed by atoms with van der Waals surface area (Å²) < 4.78 is 0. The van der Waals surface area contributed by atoms with Crippen LogP contribution in [0.5, 0.6) is 0 Å². The third kappa shape index (κ3) is 11.6. The van der Waals surface area contributed by atoms with Crippen LogP contribution in [0.25, 0.3) is 0 Å². The quantitative estimate of drug-likeness (QED) is 0.383. The Balaban J connectivity index is 4.74. The van der Waals surface area contributed by atoms with Crippen LogP contribution in [0.4, 0.5) is 0 Å². The van der Waals surface area contributed by atoms with Crippen molar-refractivity contribution in [1.29, 1.82) is 0 Å². The lowest BCUT2D eigenvalue weighted by molar-refractivity contribution is -0.131. The highest BCUT2D eigenvalue weighted by Crippen LogP contribution is 2.08. The monoisotopic (exact) mass is 336 g/mol. The Morgan fingerprint density at radius 3 is 2.12 bits per heavy atom. The van der Waals surface area contributed by atoms with Gasteiger partial charge >= 0.3 is 5.97 Å². The van der Waals surface area contributed by atoms with Gasteiger partial charge in [-0.1, -0.05) is 53.2 Å². The van der Waals surface area contributed by atoms with Crippen molar-refractivity contribution in [2.75, 3.05) is 0 Å². The topological polar surface area (TPSA) is 98.0 Å². The van der Waals surface area contributed by atoms with Gasteiger partial charge in [-0.25, -0.2) is 4.79 Å². The standard InChI is InChI=1S/C19H28O5/c1-13(10-15(3)8-9-19(23)24)6-5-7-14(2)11-17(21)18(22)12-16(4)20/h5-11,16-18,20-22H,12H2,1-4H3,(H,23,24)/t16-,17+,18+/m1/s1. The molecule has 0 rings (SSSR count). The third-order valence-corrected chi connectivity index (χ3v) is 3.07. The van der Waals surface area contributed by atoms with Gasteiger partial charge in [-0.15, -0.1) is 0 Å². The molecule has 5 heteroatoms. The van der Waals surface area contributed by atoms with Crippen LogP contribution in [-0.2, 0) is 4.79 Å². The first-order chi connectivity index (χ1) is 11.1. The summed E-state index contributed by atoms with van der Waals surface area (Å²) in [4.78, 5) is 10.4. The molecule has 5 nitrogen and oxygen atoms in total. The van der Waals surface area contributed by atoms with Gasteiger partial charge in [-0.05, 0) is 27.7 Å². The first-order valence-electron chi connectivity index (χ1n) is 7.78. The number of carboxylic acid groups (broad SMARTS) is 1. The van der Waals surface area contributed by atoms with Gasteiger partial charge in [0.05, 0.1) is 18.3 Å². The summed E-state index contributed by atoms with van der Waals surface area (Å²) in [6.07, 6.45) is 8.85. The van der Waals surface area contributed by atoms with Gasteiger partial charge in [0.1, 0.15) is 0 Å². The zero-order valence-corrected chi connectivity index (χ0v) is 14.7. The second-order valence-corrected chi connectivity index (χ2v) is 5.88. The van der Waals surface area contributed by atoms with E-state index in [1.165, 1.54) is 12.2 Å². The molecular formula is C19H28O5. The molecule has 0 saturated carbocycles. The van der Waals surface area contributed by atoms with Crippen molar-refractivity contribution in [3.8, 4) is 0 Å². The van der Waals surface area contributed by atoms with Crippen LogP contribution in [0, 0.1) is 0 Å². The normalized spacial score (nSPS) is 18.2. The van der Waals surface area contributed by atoms with E-state index >= 15 is 0 Å². The van der Waals surface area contributed by atoms with Crippen LogP contribution in [0.1, 0.15) is 34.1 Å². The van der Waals surface area contributed by atoms with E-state index in [4.69, 9.17) is 5.11 Å². The molecule has 0 aromatic heterocycles. The van der Waals surface area contributed by atoms with Crippen molar-refractivity contribution in [2.24, 2.45) is 0 Å². The lowest BCUT2D eigenvalue weighted by Crippen LogP contribution is -2.27. The van der Waals surface area contributed by atoms with Crippen molar-refractivity contribution in [2.45, 2.75) is 52.4 Å². The van der Waals surface area contributed by atoms with Crippen molar-refractivity contribution in [1.82, 2.24) is 0 Å². The van der Waals surface area contributed by atoms with Gasteiger partial charge in [-0.3, -0.25) is 0 Å². The number of carboxylic acids is 1. The van der Waals surface area contributed by atoms with E-state index in [2.05, 4.69) is 0 Å². The Bertz CT molecular complexity index is 550. The Morgan fingerprint density at radius 2 is 1.58 bits per heavy atom. The van der Waals surface area contributed by atoms with E-state index in [0.29, 0.717) is 0 Å². The summed E-state index contributed by atoms with van der Waals surface area (Å²) in [7, 11) is 0. The summed E-state index contributed by atoms with van der Waals surface area (Å²) in [5.74, 6) is -0.985. The maximum atomic E-state index is 10.4. The smallest absolute Gasteiger partial charge is 0.328 e. The zero-order valence-electron chi connectivity index (χ0n) is 14.7. The lowest BCUT2D eigenvalue weighted by Gasteiger charge is -2.16. The summed E-state index contributed by atoms with van der Waals surface area (Å²) in [6.45, 7) is 7.06. The molecule has 0 aliphatic heterocycles. The van der Waals surface area contributed by atoms with Crippen LogP contribution in [0.2, 0.25) is 0 Å². The van der Waals surface area contributed by atoms with Gasteiger partial charge in [0.2, 0.25) is 0 Å². The largest absolute Gasteiger partial charge is 0.478 e. The van der Waals surface area contributed by atoms with Crippen LogP contribution < -0.4 is 0 Å². The molecule has 4 N–H and O–H groups in total. The van der Waals surface area contributed by atoms with E-state index in [1.54, 1.807) is 26.0 Å². The number of allylic oxidation sites excluding steroid dienone is 8. The Hall–Kier alpha value is -1.95. The Morgan fingerprint density at radius 1 is 0.958 bits per heavy atom. The van der Waals surface area contributed by atoms with Gasteiger partial charge in [0, 0.05) is 12.5 Å². The van der Waals surface area contributed by atoms with Gasteiger partial charge in [-0.2, -0.15) is 0 Å². The highest BCUT2D eigenvalue weighted by molar-refractivity contribution is 5.80. The number of carbonyl (C=O) groups is 1. The molecule has 0 amide bonds. The molecule has 0 radical (unpaired) electrons. The molecule has 24 heavy (non-hydrogen) atoms. The highest BCUT2D eigenvalue weighted by Gasteiger charge is 2.15. The minimum atomic E-state index is -1.03. The van der Waals surface area contributed by atoms with Crippen LogP contribution in [-0.4, -0.2) is 44.7 Å². The summed E-state index contributed by atoms with van der Waals surface area (Å²) >= 11 is 0. The first-order valence-corrected chi connectivity index (χ1v) is 7.78. The second-order valence-electron chi connectivity index (χ2n) is 5.88. The van der Waals surface area contributed by atoms with Crippen LogP contribution in [0.15, 0.2) is 59.3 Å². The van der Waals surface area contributed by atoms with Crippen molar-refractivity contribution in [3.63, 3.8) is 0 Å². The van der Waals surface area contributed by atoms with E-state index in [1.807, 2.05) is 26.0 Å². The molecule has 3 atom stereocenters. The van der Waals surface area contributed by atoms with Gasteiger partial charge in [0.25, 0.3) is 0 Å². The molecule has 0 bridgehead atoms. The SMILES string of the molecule is CC(=CC=CC(C)=C[C@H](O)[C@@H](O)C[C@@H](C)O)C=C(C)C=CC(=O)O. The van der Waals surface area contributed by atoms with Crippen molar-refractivity contribution >= 4 is 5.97 Å². The number of hydrogen-bond acceptors (Lipinski definition) is 4. The molecule has 0 spiro atoms. The fourth-order valence-corrected chi connectivity index (χ4v) is 1.93. The molecule has 134 valence electrons. The van der Waals surface area contributed by atoms with Gasteiger partial charge in [0.15, 0.2) is 0 Å². The lowest BCUT2D eigenvalue weighted by atomic mass is 10.0. The number of rotatable bonds is 9. The molecule has 0 heterocycles. The third-order valence-electron chi connectivity index (χ3n) is 3.07. The summed E-state index contributed by atoms with van der Waals surface area (Å²) in [6, 6.07) is 0. The van der Waals surface area contributed by atoms with Gasteiger partial charge < -0.3 is 20.4 Å². The molecule has 0 aliphatic rings. The average Bonchev–Trinajstić information content (AvgIpc) is 2.44. The first kappa shape index (κ1) is 22.1.